The minimum Gasteiger partial charge on any atom is -0.443 e. The molecule has 0 fully saturated rings. The predicted octanol–water partition coefficient (Wildman–Crippen LogP) is 2.84. The lowest BCUT2D eigenvalue weighted by Gasteiger charge is -2.17. The smallest absolute Gasteiger partial charge is 0.433 e. The Balaban J connectivity index is 2.29. The Morgan fingerprint density at radius 2 is 1.94 bits per heavy atom. The minimum absolute atomic E-state index is 0.259. The van der Waals surface area contributed by atoms with Gasteiger partial charge in [-0.15, -0.1) is 0 Å². The SMILES string of the molecule is CC(C)CON(C)C(=O)OCc1ccccc1. The summed E-state index contributed by atoms with van der Waals surface area (Å²) >= 11 is 0. The van der Waals surface area contributed by atoms with Crippen LogP contribution in [0.3, 0.4) is 0 Å². The fourth-order valence-electron chi connectivity index (χ4n) is 1.12. The third kappa shape index (κ3) is 5.36. The molecule has 0 aliphatic heterocycles. The van der Waals surface area contributed by atoms with E-state index in [1.54, 1.807) is 7.05 Å². The number of benzene rings is 1. The average Bonchev–Trinajstić information content (AvgIpc) is 2.34. The minimum atomic E-state index is -0.477. The van der Waals surface area contributed by atoms with Gasteiger partial charge >= 0.3 is 6.09 Å². The highest BCUT2D eigenvalue weighted by atomic mass is 16.7. The number of carbonyl (C=O) groups excluding carboxylic acids is 1. The fraction of sp³-hybridized carbons (Fsp3) is 0.462. The van der Waals surface area contributed by atoms with Gasteiger partial charge in [-0.05, 0) is 11.5 Å². The van der Waals surface area contributed by atoms with E-state index in [9.17, 15) is 4.79 Å². The topological polar surface area (TPSA) is 38.8 Å². The number of hydrogen-bond donors (Lipinski definition) is 0. The third-order valence-corrected chi connectivity index (χ3v) is 2.06. The van der Waals surface area contributed by atoms with Crippen LogP contribution < -0.4 is 0 Å². The molecule has 94 valence electrons. The molecular weight excluding hydrogens is 218 g/mol. The van der Waals surface area contributed by atoms with Crippen LogP contribution in [0.2, 0.25) is 0 Å². The van der Waals surface area contributed by atoms with Gasteiger partial charge in [0, 0.05) is 7.05 Å². The Labute approximate surface area is 102 Å². The van der Waals surface area contributed by atoms with Crippen molar-refractivity contribution in [1.82, 2.24) is 5.06 Å². The molecule has 17 heavy (non-hydrogen) atoms. The van der Waals surface area contributed by atoms with Crippen LogP contribution in [0.25, 0.3) is 0 Å². The van der Waals surface area contributed by atoms with Crippen molar-refractivity contribution in [3.05, 3.63) is 35.9 Å². The fourth-order valence-corrected chi connectivity index (χ4v) is 1.12. The number of hydroxylamine groups is 2. The summed E-state index contributed by atoms with van der Waals surface area (Å²) in [6.07, 6.45) is -0.477. The molecule has 4 nitrogen and oxygen atoms in total. The molecule has 0 heterocycles. The van der Waals surface area contributed by atoms with Gasteiger partial charge in [0.2, 0.25) is 0 Å². The van der Waals surface area contributed by atoms with Gasteiger partial charge in [0.15, 0.2) is 0 Å². The molecule has 0 atom stereocenters. The molecule has 0 saturated heterocycles. The second kappa shape index (κ2) is 6.91. The molecule has 0 radical (unpaired) electrons. The zero-order valence-electron chi connectivity index (χ0n) is 10.6. The van der Waals surface area contributed by atoms with Crippen LogP contribution in [0.5, 0.6) is 0 Å². The summed E-state index contributed by atoms with van der Waals surface area (Å²) in [4.78, 5) is 16.7. The van der Waals surface area contributed by atoms with Gasteiger partial charge in [-0.1, -0.05) is 44.2 Å². The van der Waals surface area contributed by atoms with Crippen molar-refractivity contribution in [2.24, 2.45) is 5.92 Å². The largest absolute Gasteiger partial charge is 0.443 e. The Morgan fingerprint density at radius 1 is 1.29 bits per heavy atom. The molecule has 0 aliphatic carbocycles. The molecule has 0 unspecified atom stereocenters. The number of carbonyl (C=O) groups is 1. The van der Waals surface area contributed by atoms with E-state index in [1.165, 1.54) is 0 Å². The van der Waals surface area contributed by atoms with Crippen molar-refractivity contribution in [2.75, 3.05) is 13.7 Å². The molecule has 1 rings (SSSR count). The van der Waals surface area contributed by atoms with E-state index in [2.05, 4.69) is 0 Å². The van der Waals surface area contributed by atoms with E-state index in [-0.39, 0.29) is 6.61 Å². The van der Waals surface area contributed by atoms with Crippen LogP contribution in [-0.4, -0.2) is 24.8 Å². The summed E-state index contributed by atoms with van der Waals surface area (Å²) in [5.41, 5.74) is 0.957. The number of ether oxygens (including phenoxy) is 1. The lowest BCUT2D eigenvalue weighted by Crippen LogP contribution is -2.29. The van der Waals surface area contributed by atoms with E-state index in [1.807, 2.05) is 44.2 Å². The Kier molecular flexibility index (Phi) is 5.49. The predicted molar refractivity (Wildman–Crippen MR) is 65.2 cm³/mol. The normalized spacial score (nSPS) is 10.4. The van der Waals surface area contributed by atoms with Crippen molar-refractivity contribution in [3.63, 3.8) is 0 Å². The lowest BCUT2D eigenvalue weighted by molar-refractivity contribution is -0.128. The van der Waals surface area contributed by atoms with Crippen molar-refractivity contribution in [1.29, 1.82) is 0 Å². The first-order valence-corrected chi connectivity index (χ1v) is 5.67. The van der Waals surface area contributed by atoms with E-state index in [4.69, 9.17) is 9.57 Å². The summed E-state index contributed by atoms with van der Waals surface area (Å²) < 4.78 is 5.08. The monoisotopic (exact) mass is 237 g/mol. The van der Waals surface area contributed by atoms with Gasteiger partial charge in [-0.25, -0.2) is 4.79 Å². The van der Waals surface area contributed by atoms with E-state index in [0.29, 0.717) is 12.5 Å². The summed E-state index contributed by atoms with van der Waals surface area (Å²) in [6, 6.07) is 9.54. The molecule has 0 aliphatic rings. The maximum atomic E-state index is 11.5. The highest BCUT2D eigenvalue weighted by Gasteiger charge is 2.11. The molecule has 0 saturated carbocycles. The summed E-state index contributed by atoms with van der Waals surface area (Å²) in [5.74, 6) is 0.374. The van der Waals surface area contributed by atoms with E-state index in [0.717, 1.165) is 10.6 Å². The van der Waals surface area contributed by atoms with Crippen molar-refractivity contribution >= 4 is 6.09 Å². The van der Waals surface area contributed by atoms with E-state index >= 15 is 0 Å². The van der Waals surface area contributed by atoms with Gasteiger partial charge in [-0.2, -0.15) is 5.06 Å². The molecule has 0 bridgehead atoms. The Bertz CT molecular complexity index is 338. The maximum Gasteiger partial charge on any atom is 0.433 e. The first kappa shape index (κ1) is 13.5. The molecule has 4 heteroatoms. The lowest BCUT2D eigenvalue weighted by atomic mass is 10.2. The standard InChI is InChI=1S/C13H19NO3/c1-11(2)9-17-14(3)13(15)16-10-12-7-5-4-6-8-12/h4-8,11H,9-10H2,1-3H3. The number of amides is 1. The first-order valence-electron chi connectivity index (χ1n) is 5.67. The highest BCUT2D eigenvalue weighted by molar-refractivity contribution is 5.65. The summed E-state index contributed by atoms with van der Waals surface area (Å²) in [6.45, 7) is 4.79. The summed E-state index contributed by atoms with van der Waals surface area (Å²) in [7, 11) is 1.55. The van der Waals surface area contributed by atoms with Crippen LogP contribution in [0.15, 0.2) is 30.3 Å². The van der Waals surface area contributed by atoms with E-state index < -0.39 is 6.09 Å². The van der Waals surface area contributed by atoms with Gasteiger partial charge in [-0.3, -0.25) is 4.84 Å². The zero-order valence-corrected chi connectivity index (χ0v) is 10.6. The Morgan fingerprint density at radius 3 is 2.53 bits per heavy atom. The number of hydrogen-bond acceptors (Lipinski definition) is 3. The van der Waals surface area contributed by atoms with Crippen LogP contribution in [-0.2, 0) is 16.2 Å². The van der Waals surface area contributed by atoms with Crippen LogP contribution in [0, 0.1) is 5.92 Å². The molecule has 1 amide bonds. The van der Waals surface area contributed by atoms with Gasteiger partial charge < -0.3 is 4.74 Å². The summed E-state index contributed by atoms with van der Waals surface area (Å²) in [5, 5.41) is 1.13. The van der Waals surface area contributed by atoms with Crippen LogP contribution in [0.1, 0.15) is 19.4 Å². The molecule has 0 spiro atoms. The van der Waals surface area contributed by atoms with Gasteiger partial charge in [0.05, 0.1) is 6.61 Å². The quantitative estimate of drug-likeness (QED) is 0.739. The van der Waals surface area contributed by atoms with Crippen molar-refractivity contribution < 1.29 is 14.4 Å². The third-order valence-electron chi connectivity index (χ3n) is 2.06. The van der Waals surface area contributed by atoms with Gasteiger partial charge in [0.25, 0.3) is 0 Å². The number of nitrogens with zero attached hydrogens (tertiary/aromatic N) is 1. The highest BCUT2D eigenvalue weighted by Crippen LogP contribution is 2.03. The maximum absolute atomic E-state index is 11.5. The first-order chi connectivity index (χ1) is 8.09. The molecule has 0 N–H and O–H groups in total. The molecule has 1 aromatic carbocycles. The van der Waals surface area contributed by atoms with Crippen molar-refractivity contribution in [2.45, 2.75) is 20.5 Å². The molecule has 0 aromatic heterocycles. The zero-order chi connectivity index (χ0) is 12.7. The van der Waals surface area contributed by atoms with Gasteiger partial charge in [0.1, 0.15) is 6.61 Å². The second-order valence-corrected chi connectivity index (χ2v) is 4.23. The van der Waals surface area contributed by atoms with Crippen LogP contribution in [0.4, 0.5) is 4.79 Å². The average molecular weight is 237 g/mol. The molecule has 1 aromatic rings. The second-order valence-electron chi connectivity index (χ2n) is 4.23. The number of rotatable bonds is 5. The Hall–Kier alpha value is -1.55. The van der Waals surface area contributed by atoms with Crippen molar-refractivity contribution in [3.8, 4) is 0 Å². The molecular formula is C13H19NO3. The van der Waals surface area contributed by atoms with Crippen LogP contribution >= 0.6 is 0 Å².